The van der Waals surface area contributed by atoms with E-state index in [1.807, 2.05) is 41.5 Å². The molecule has 0 saturated heterocycles. The van der Waals surface area contributed by atoms with Crippen LogP contribution in [0.4, 0.5) is 0 Å². The summed E-state index contributed by atoms with van der Waals surface area (Å²) in [6.07, 6.45) is 3.40. The van der Waals surface area contributed by atoms with Gasteiger partial charge in [0.25, 0.3) is 0 Å². The van der Waals surface area contributed by atoms with Gasteiger partial charge in [-0.2, -0.15) is 0 Å². The summed E-state index contributed by atoms with van der Waals surface area (Å²) in [5.74, 6) is -0.526. The summed E-state index contributed by atoms with van der Waals surface area (Å²) in [4.78, 5) is 30.1. The molecule has 0 amide bonds. The lowest BCUT2D eigenvalue weighted by Gasteiger charge is -2.30. The molecule has 0 fully saturated rings. The molecule has 1 aliphatic rings. The number of oxime groups is 1. The van der Waals surface area contributed by atoms with Gasteiger partial charge in [0.05, 0.1) is 5.56 Å². The lowest BCUT2D eigenvalue weighted by molar-refractivity contribution is -0.114. The molecule has 1 aromatic rings. The van der Waals surface area contributed by atoms with Crippen molar-refractivity contribution < 1.29 is 14.4 Å². The Bertz CT molecular complexity index is 780. The van der Waals surface area contributed by atoms with E-state index in [0.717, 1.165) is 4.47 Å². The van der Waals surface area contributed by atoms with E-state index >= 15 is 0 Å². The molecule has 2 rings (SSSR count). The monoisotopic (exact) mass is 417 g/mol. The van der Waals surface area contributed by atoms with Crippen molar-refractivity contribution in [3.63, 3.8) is 0 Å². The predicted molar refractivity (Wildman–Crippen MR) is 107 cm³/mol. The van der Waals surface area contributed by atoms with E-state index in [0.29, 0.717) is 22.4 Å². The van der Waals surface area contributed by atoms with E-state index in [1.54, 1.807) is 36.4 Å². The molecule has 5 heteroatoms. The molecule has 1 aromatic carbocycles. The van der Waals surface area contributed by atoms with Crippen molar-refractivity contribution in [1.82, 2.24) is 0 Å². The van der Waals surface area contributed by atoms with Gasteiger partial charge in [0.15, 0.2) is 5.78 Å². The molecule has 0 atom stereocenters. The lowest BCUT2D eigenvalue weighted by atomic mass is 9.72. The molecule has 4 nitrogen and oxygen atoms in total. The minimum Gasteiger partial charge on any atom is -0.312 e. The van der Waals surface area contributed by atoms with E-state index in [9.17, 15) is 9.59 Å². The molecular weight excluding hydrogens is 394 g/mol. The first-order valence-electron chi connectivity index (χ1n) is 8.43. The highest BCUT2D eigenvalue weighted by Gasteiger charge is 2.34. The topological polar surface area (TPSA) is 55.7 Å². The van der Waals surface area contributed by atoms with Gasteiger partial charge in [-0.25, -0.2) is 4.79 Å². The smallest absolute Gasteiger partial charge is 0.312 e. The van der Waals surface area contributed by atoms with Crippen molar-refractivity contribution in [3.8, 4) is 0 Å². The van der Waals surface area contributed by atoms with Gasteiger partial charge in [-0.3, -0.25) is 4.79 Å². The summed E-state index contributed by atoms with van der Waals surface area (Å²) in [6, 6.07) is 6.84. The lowest BCUT2D eigenvalue weighted by Crippen LogP contribution is -2.29. The zero-order valence-corrected chi connectivity index (χ0v) is 17.6. The number of carbonyl (C=O) groups excluding carboxylic acids is 2. The normalized spacial score (nSPS) is 15.3. The molecule has 0 saturated carbocycles. The Hall–Kier alpha value is -2.01. The maximum atomic E-state index is 12.9. The molecule has 0 bridgehead atoms. The Morgan fingerprint density at radius 3 is 1.81 bits per heavy atom. The average Bonchev–Trinajstić information content (AvgIpc) is 2.52. The number of rotatable bonds is 2. The van der Waals surface area contributed by atoms with Crippen LogP contribution >= 0.6 is 15.9 Å². The van der Waals surface area contributed by atoms with Crippen molar-refractivity contribution in [3.05, 3.63) is 57.6 Å². The van der Waals surface area contributed by atoms with E-state index < -0.39 is 5.97 Å². The number of carbonyl (C=O) groups is 2. The number of allylic oxidation sites excluding steroid dienone is 4. The molecule has 0 aromatic heterocycles. The summed E-state index contributed by atoms with van der Waals surface area (Å²) < 4.78 is 0.877. The summed E-state index contributed by atoms with van der Waals surface area (Å²) in [5.41, 5.74) is 1.51. The quantitative estimate of drug-likeness (QED) is 0.363. The highest BCUT2D eigenvalue weighted by atomic mass is 79.9. The second kappa shape index (κ2) is 7.31. The van der Waals surface area contributed by atoms with E-state index in [4.69, 9.17) is 4.84 Å². The first-order valence-corrected chi connectivity index (χ1v) is 9.23. The van der Waals surface area contributed by atoms with Crippen molar-refractivity contribution in [2.75, 3.05) is 0 Å². The number of hydrogen-bond acceptors (Lipinski definition) is 4. The van der Waals surface area contributed by atoms with Gasteiger partial charge in [0.2, 0.25) is 0 Å². The maximum Gasteiger partial charge on any atom is 0.365 e. The number of nitrogens with zero attached hydrogens (tertiary/aromatic N) is 1. The van der Waals surface area contributed by atoms with Crippen molar-refractivity contribution in [1.29, 1.82) is 0 Å². The second-order valence-corrected chi connectivity index (χ2v) is 9.26. The van der Waals surface area contributed by atoms with Gasteiger partial charge in [-0.05, 0) is 47.2 Å². The molecule has 26 heavy (non-hydrogen) atoms. The third-order valence-corrected chi connectivity index (χ3v) is 4.53. The molecule has 0 N–H and O–H groups in total. The zero-order chi connectivity index (χ0) is 19.7. The molecular formula is C21H24BrNO3. The number of Topliss-reactive ketones (excluding diaryl/α,β-unsaturated/α-hetero) is 1. The third-order valence-electron chi connectivity index (χ3n) is 4.00. The Kier molecular flexibility index (Phi) is 5.71. The molecule has 138 valence electrons. The van der Waals surface area contributed by atoms with Crippen LogP contribution < -0.4 is 0 Å². The van der Waals surface area contributed by atoms with Crippen LogP contribution in [-0.4, -0.2) is 17.5 Å². The van der Waals surface area contributed by atoms with Gasteiger partial charge >= 0.3 is 5.97 Å². The fraction of sp³-hybridized carbons (Fsp3) is 0.381. The molecule has 0 spiro atoms. The number of hydrogen-bond donors (Lipinski definition) is 0. The van der Waals surface area contributed by atoms with E-state index in [1.165, 1.54) is 0 Å². The molecule has 1 aliphatic carbocycles. The average molecular weight is 418 g/mol. The highest BCUT2D eigenvalue weighted by Crippen LogP contribution is 2.37. The van der Waals surface area contributed by atoms with Crippen LogP contribution in [0, 0.1) is 10.8 Å². The Morgan fingerprint density at radius 1 is 0.923 bits per heavy atom. The summed E-state index contributed by atoms with van der Waals surface area (Å²) in [6.45, 7) is 11.9. The van der Waals surface area contributed by atoms with Gasteiger partial charge in [0.1, 0.15) is 5.71 Å². The predicted octanol–water partition coefficient (Wildman–Crippen LogP) is 5.49. The van der Waals surface area contributed by atoms with Crippen LogP contribution in [0.2, 0.25) is 0 Å². The van der Waals surface area contributed by atoms with Crippen LogP contribution in [0.1, 0.15) is 51.9 Å². The van der Waals surface area contributed by atoms with Gasteiger partial charge < -0.3 is 4.84 Å². The Balaban J connectivity index is 2.35. The van der Waals surface area contributed by atoms with Crippen molar-refractivity contribution in [2.24, 2.45) is 16.0 Å². The minimum atomic E-state index is -0.543. The van der Waals surface area contributed by atoms with Crippen LogP contribution in [0.25, 0.3) is 0 Å². The number of benzene rings is 1. The molecule has 0 radical (unpaired) electrons. The van der Waals surface area contributed by atoms with Gasteiger partial charge in [0, 0.05) is 15.6 Å². The fourth-order valence-corrected chi connectivity index (χ4v) is 2.78. The van der Waals surface area contributed by atoms with Crippen LogP contribution in [0.15, 0.2) is 57.2 Å². The van der Waals surface area contributed by atoms with Crippen LogP contribution in [-0.2, 0) is 9.63 Å². The van der Waals surface area contributed by atoms with Gasteiger partial charge in [-0.1, -0.05) is 62.6 Å². The van der Waals surface area contributed by atoms with Crippen molar-refractivity contribution in [2.45, 2.75) is 41.5 Å². The first-order chi connectivity index (χ1) is 11.9. The highest BCUT2D eigenvalue weighted by molar-refractivity contribution is 9.10. The van der Waals surface area contributed by atoms with E-state index in [-0.39, 0.29) is 16.6 Å². The number of ketones is 1. The summed E-state index contributed by atoms with van der Waals surface area (Å²) in [7, 11) is 0. The van der Waals surface area contributed by atoms with Gasteiger partial charge in [-0.15, -0.1) is 0 Å². The minimum absolute atomic E-state index is 0.0168. The van der Waals surface area contributed by atoms with Crippen molar-refractivity contribution >= 4 is 33.4 Å². The first kappa shape index (κ1) is 20.3. The fourth-order valence-electron chi connectivity index (χ4n) is 2.51. The second-order valence-electron chi connectivity index (χ2n) is 8.35. The Morgan fingerprint density at radius 2 is 1.38 bits per heavy atom. The largest absolute Gasteiger partial charge is 0.365 e. The molecule has 0 aliphatic heterocycles. The van der Waals surface area contributed by atoms with E-state index in [2.05, 4.69) is 21.1 Å². The molecule has 0 heterocycles. The Labute approximate surface area is 163 Å². The third kappa shape index (κ3) is 4.79. The maximum absolute atomic E-state index is 12.9. The van der Waals surface area contributed by atoms with Crippen LogP contribution in [0.5, 0.6) is 0 Å². The number of halogens is 1. The van der Waals surface area contributed by atoms with Crippen LogP contribution in [0.3, 0.4) is 0 Å². The molecule has 0 unspecified atom stereocenters. The summed E-state index contributed by atoms with van der Waals surface area (Å²) in [5, 5.41) is 3.99. The SMILES string of the molecule is CC(C)(C)C1=CC(=NOC(=O)c2ccc(Br)cc2)C=C(C(C)(C)C)C1=O. The zero-order valence-electron chi connectivity index (χ0n) is 16.0. The summed E-state index contributed by atoms with van der Waals surface area (Å²) >= 11 is 3.32. The standard InChI is InChI=1S/C21H24BrNO3/c1-20(2,3)16-11-15(12-17(18(16)24)21(4,5)6)23-26-19(25)13-7-9-14(22)10-8-13/h7-12H,1-6H3.